The number of ether oxygens (including phenoxy) is 3. The van der Waals surface area contributed by atoms with E-state index in [1.54, 1.807) is 41.3 Å². The lowest BCUT2D eigenvalue weighted by molar-refractivity contribution is -0.123. The molecule has 3 aliphatic rings. The standard InChI is InChI=1S/C36H33N5O6S/c1-20-9-11-23-15-26(20)22-5-3-6-24(14-22)46-19-32(42)38-16-21-10-12-29(30(13-21)45-2)47-31-18-41(17-28(31)39-34(23)43)35(44)25-7-4-8-27-33(25)48-36(37)40-27/h3-15,28,31H,16-19H2,1-2H3,(H2,37,40)(H,38,42)(H,39,43)/t28-,31-/m0/s1. The van der Waals surface area contributed by atoms with Crippen LogP contribution in [0.15, 0.2) is 78.9 Å². The quantitative estimate of drug-likeness (QED) is 0.249. The number of nitrogen functional groups attached to an aromatic ring is 1. The molecule has 3 amide bonds. The van der Waals surface area contributed by atoms with E-state index < -0.39 is 12.1 Å². The molecule has 48 heavy (non-hydrogen) atoms. The van der Waals surface area contributed by atoms with Gasteiger partial charge in [0, 0.05) is 18.7 Å². The summed E-state index contributed by atoms with van der Waals surface area (Å²) in [5.74, 6) is 0.633. The van der Waals surface area contributed by atoms with Gasteiger partial charge in [-0.15, -0.1) is 0 Å². The number of methoxy groups -OCH3 is 1. The molecular formula is C36H33N5O6S. The van der Waals surface area contributed by atoms with Crippen molar-refractivity contribution in [2.75, 3.05) is 32.5 Å². The molecule has 6 bridgehead atoms. The Balaban J connectivity index is 1.25. The molecule has 8 rings (SSSR count). The number of benzene rings is 4. The van der Waals surface area contributed by atoms with Gasteiger partial charge in [-0.2, -0.15) is 0 Å². The fourth-order valence-electron chi connectivity index (χ4n) is 6.07. The van der Waals surface area contributed by atoms with Gasteiger partial charge in [-0.3, -0.25) is 14.4 Å². The van der Waals surface area contributed by atoms with E-state index in [1.807, 2.05) is 49.4 Å². The van der Waals surface area contributed by atoms with Gasteiger partial charge in [-0.1, -0.05) is 41.7 Å². The summed E-state index contributed by atoms with van der Waals surface area (Å²) >= 11 is 1.26. The number of aryl methyl sites for hydroxylation is 1. The maximum atomic E-state index is 14.0. The normalized spacial score (nSPS) is 17.9. The molecule has 4 N–H and O–H groups in total. The minimum atomic E-state index is -0.604. The molecule has 11 nitrogen and oxygen atoms in total. The van der Waals surface area contributed by atoms with Crippen LogP contribution in [0.2, 0.25) is 0 Å². The Kier molecular flexibility index (Phi) is 8.32. The van der Waals surface area contributed by atoms with Crippen LogP contribution in [0.5, 0.6) is 17.2 Å². The highest BCUT2D eigenvalue weighted by atomic mass is 32.1. The summed E-state index contributed by atoms with van der Waals surface area (Å²) in [7, 11) is 1.53. The van der Waals surface area contributed by atoms with E-state index in [0.717, 1.165) is 22.3 Å². The average Bonchev–Trinajstić information content (AvgIpc) is 3.68. The van der Waals surface area contributed by atoms with Crippen molar-refractivity contribution in [2.45, 2.75) is 25.6 Å². The molecule has 3 aliphatic heterocycles. The predicted molar refractivity (Wildman–Crippen MR) is 183 cm³/mol. The zero-order valence-electron chi connectivity index (χ0n) is 26.3. The number of nitrogens with one attached hydrogen (secondary N) is 2. The Morgan fingerprint density at radius 3 is 2.73 bits per heavy atom. The summed E-state index contributed by atoms with van der Waals surface area (Å²) in [6.07, 6.45) is -0.604. The zero-order valence-corrected chi connectivity index (χ0v) is 27.1. The molecule has 0 aliphatic carbocycles. The lowest BCUT2D eigenvalue weighted by Crippen LogP contribution is -2.45. The van der Waals surface area contributed by atoms with Crippen molar-refractivity contribution in [1.82, 2.24) is 20.5 Å². The highest BCUT2D eigenvalue weighted by molar-refractivity contribution is 7.22. The summed E-state index contributed by atoms with van der Waals surface area (Å²) in [6.45, 7) is 2.48. The second kappa shape index (κ2) is 12.9. The highest BCUT2D eigenvalue weighted by Gasteiger charge is 2.39. The molecular weight excluding hydrogens is 630 g/mol. The van der Waals surface area contributed by atoms with E-state index in [2.05, 4.69) is 15.6 Å². The van der Waals surface area contributed by atoms with Crippen molar-refractivity contribution in [3.8, 4) is 28.4 Å². The number of anilines is 1. The maximum Gasteiger partial charge on any atom is 0.258 e. The minimum Gasteiger partial charge on any atom is -0.493 e. The summed E-state index contributed by atoms with van der Waals surface area (Å²) in [6, 6.07) is 23.1. The summed E-state index contributed by atoms with van der Waals surface area (Å²) < 4.78 is 18.7. The minimum absolute atomic E-state index is 0.160. The van der Waals surface area contributed by atoms with Crippen LogP contribution in [0, 0.1) is 6.92 Å². The van der Waals surface area contributed by atoms with Gasteiger partial charge >= 0.3 is 0 Å². The SMILES string of the molecule is COc1cc2ccc1O[C@H]1CN(C(=O)c3cccc4nc(N)sc34)C[C@@H]1NC(=O)c1ccc(C)c(c1)-c1cccc(c1)OCC(=O)NC2. The van der Waals surface area contributed by atoms with Crippen molar-refractivity contribution in [1.29, 1.82) is 0 Å². The third-order valence-corrected chi connectivity index (χ3v) is 9.48. The molecule has 244 valence electrons. The number of likely N-dealkylation sites (tertiary alicyclic amines) is 1. The number of hydrogen-bond acceptors (Lipinski definition) is 9. The van der Waals surface area contributed by atoms with Crippen molar-refractivity contribution in [3.05, 3.63) is 101 Å². The van der Waals surface area contributed by atoms with Gasteiger partial charge in [0.1, 0.15) is 11.9 Å². The summed E-state index contributed by atoms with van der Waals surface area (Å²) in [4.78, 5) is 46.5. The topological polar surface area (TPSA) is 145 Å². The van der Waals surface area contributed by atoms with Gasteiger partial charge in [0.2, 0.25) is 0 Å². The van der Waals surface area contributed by atoms with Crippen LogP contribution in [-0.2, 0) is 11.3 Å². The smallest absolute Gasteiger partial charge is 0.258 e. The number of hydrogen-bond donors (Lipinski definition) is 3. The molecule has 0 radical (unpaired) electrons. The van der Waals surface area contributed by atoms with Crippen molar-refractivity contribution >= 4 is 44.4 Å². The number of nitrogens with zero attached hydrogens (tertiary/aromatic N) is 2. The lowest BCUT2D eigenvalue weighted by Gasteiger charge is -2.23. The van der Waals surface area contributed by atoms with Gasteiger partial charge in [-0.05, 0) is 77.7 Å². The molecule has 1 saturated heterocycles. The van der Waals surface area contributed by atoms with Crippen LogP contribution in [0.1, 0.15) is 31.8 Å². The second-order valence-corrected chi connectivity index (χ2v) is 12.8. The number of nitrogens with two attached hydrogens (primary N) is 1. The third kappa shape index (κ3) is 6.21. The first kappa shape index (κ1) is 31.0. The Labute approximate surface area is 280 Å². The first-order valence-corrected chi connectivity index (χ1v) is 16.3. The van der Waals surface area contributed by atoms with Gasteiger partial charge in [-0.25, -0.2) is 4.98 Å². The molecule has 0 saturated carbocycles. The fourth-order valence-corrected chi connectivity index (χ4v) is 6.90. The second-order valence-electron chi connectivity index (χ2n) is 11.8. The van der Waals surface area contributed by atoms with Crippen molar-refractivity contribution in [2.24, 2.45) is 0 Å². The van der Waals surface area contributed by atoms with Crippen molar-refractivity contribution < 1.29 is 28.6 Å². The molecule has 0 unspecified atom stereocenters. The van der Waals surface area contributed by atoms with E-state index >= 15 is 0 Å². The van der Waals surface area contributed by atoms with Crippen LogP contribution in [0.25, 0.3) is 21.3 Å². The Hall–Kier alpha value is -5.62. The molecule has 5 aromatic rings. The number of carbonyl (C=O) groups excluding carboxylic acids is 3. The third-order valence-electron chi connectivity index (χ3n) is 8.54. The monoisotopic (exact) mass is 663 g/mol. The Morgan fingerprint density at radius 2 is 1.88 bits per heavy atom. The molecule has 2 atom stereocenters. The summed E-state index contributed by atoms with van der Waals surface area (Å²) in [5.41, 5.74) is 11.0. The molecule has 12 heteroatoms. The predicted octanol–water partition coefficient (Wildman–Crippen LogP) is 4.57. The zero-order chi connectivity index (χ0) is 33.4. The van der Waals surface area contributed by atoms with Gasteiger partial charge < -0.3 is 35.5 Å². The lowest BCUT2D eigenvalue weighted by atomic mass is 9.97. The van der Waals surface area contributed by atoms with Crippen LogP contribution < -0.4 is 30.6 Å². The van der Waals surface area contributed by atoms with Crippen molar-refractivity contribution in [3.63, 3.8) is 0 Å². The van der Waals surface area contributed by atoms with E-state index in [1.165, 1.54) is 18.4 Å². The Bertz CT molecular complexity index is 2060. The Morgan fingerprint density at radius 1 is 1.02 bits per heavy atom. The first-order valence-electron chi connectivity index (χ1n) is 15.4. The number of thiazole rings is 1. The molecule has 4 heterocycles. The summed E-state index contributed by atoms with van der Waals surface area (Å²) in [5, 5.41) is 6.41. The van der Waals surface area contributed by atoms with Gasteiger partial charge in [0.05, 0.1) is 35.5 Å². The first-order chi connectivity index (χ1) is 23.2. The van der Waals surface area contributed by atoms with E-state index in [0.29, 0.717) is 43.7 Å². The fraction of sp³-hybridized carbons (Fsp3) is 0.222. The average molecular weight is 664 g/mol. The molecule has 0 spiro atoms. The number of amides is 3. The maximum absolute atomic E-state index is 14.0. The van der Waals surface area contributed by atoms with E-state index in [4.69, 9.17) is 19.9 Å². The van der Waals surface area contributed by atoms with E-state index in [-0.39, 0.29) is 44.0 Å². The van der Waals surface area contributed by atoms with Crippen LogP contribution >= 0.6 is 11.3 Å². The highest BCUT2D eigenvalue weighted by Crippen LogP contribution is 2.33. The molecule has 4 aromatic carbocycles. The number of rotatable bonds is 2. The largest absolute Gasteiger partial charge is 0.493 e. The van der Waals surface area contributed by atoms with Crippen LogP contribution in [0.3, 0.4) is 0 Å². The van der Waals surface area contributed by atoms with Crippen LogP contribution in [0.4, 0.5) is 5.13 Å². The molecule has 1 aromatic heterocycles. The number of carbonyl (C=O) groups is 3. The van der Waals surface area contributed by atoms with Gasteiger partial charge in [0.25, 0.3) is 17.7 Å². The number of aromatic nitrogens is 1. The number of fused-ring (bicyclic) bond motifs is 8. The van der Waals surface area contributed by atoms with E-state index in [9.17, 15) is 14.4 Å². The van der Waals surface area contributed by atoms with Gasteiger partial charge in [0.15, 0.2) is 23.2 Å². The molecule has 1 fully saturated rings. The van der Waals surface area contributed by atoms with Crippen LogP contribution in [-0.4, -0.2) is 66.6 Å².